The van der Waals surface area contributed by atoms with E-state index in [1.807, 2.05) is 0 Å². The summed E-state index contributed by atoms with van der Waals surface area (Å²) >= 11 is 6.19. The average molecular weight is 596 g/mol. The fourth-order valence-corrected chi connectivity index (χ4v) is 4.75. The van der Waals surface area contributed by atoms with E-state index in [4.69, 9.17) is 16.3 Å². The quantitative estimate of drug-likeness (QED) is 0.236. The zero-order valence-corrected chi connectivity index (χ0v) is 22.5. The number of methoxy groups -OCH3 is 1. The number of guanidine groups is 1. The van der Waals surface area contributed by atoms with E-state index in [1.54, 1.807) is 31.2 Å². The van der Waals surface area contributed by atoms with Gasteiger partial charge in [0.25, 0.3) is 0 Å². The molecule has 1 atom stereocenters. The molecule has 0 saturated carbocycles. The van der Waals surface area contributed by atoms with Crippen molar-refractivity contribution >= 4 is 23.5 Å². The number of benzene rings is 3. The summed E-state index contributed by atoms with van der Waals surface area (Å²) in [6.45, 7) is 0.989. The lowest BCUT2D eigenvalue weighted by Gasteiger charge is -2.38. The fourth-order valence-electron chi connectivity index (χ4n) is 4.55. The van der Waals surface area contributed by atoms with Crippen molar-refractivity contribution in [3.8, 4) is 0 Å². The second-order valence-corrected chi connectivity index (χ2v) is 9.64. The number of esters is 1. The van der Waals surface area contributed by atoms with Gasteiger partial charge in [-0.2, -0.15) is 26.3 Å². The Hall–Kier alpha value is -3.99. The van der Waals surface area contributed by atoms with Crippen molar-refractivity contribution in [1.82, 2.24) is 10.2 Å². The van der Waals surface area contributed by atoms with E-state index in [0.717, 1.165) is 18.2 Å². The van der Waals surface area contributed by atoms with Gasteiger partial charge in [0.1, 0.15) is 0 Å². The van der Waals surface area contributed by atoms with E-state index >= 15 is 0 Å². The van der Waals surface area contributed by atoms with Crippen LogP contribution in [-0.2, 0) is 35.0 Å². The topological polar surface area (TPSA) is 53.9 Å². The number of rotatable bonds is 6. The smallest absolute Gasteiger partial charge is 0.416 e. The summed E-state index contributed by atoms with van der Waals surface area (Å²) in [7, 11) is 1.19. The number of aliphatic imine (C=N–C) groups is 1. The van der Waals surface area contributed by atoms with Gasteiger partial charge in [0.2, 0.25) is 0 Å². The van der Waals surface area contributed by atoms with E-state index in [1.165, 1.54) is 42.3 Å². The first-order valence-corrected chi connectivity index (χ1v) is 12.6. The van der Waals surface area contributed by atoms with E-state index in [2.05, 4.69) is 10.3 Å². The Balaban J connectivity index is 1.85. The second-order valence-electron chi connectivity index (χ2n) is 9.20. The largest absolute Gasteiger partial charge is 0.466 e. The molecule has 0 amide bonds. The molecule has 1 heterocycles. The molecule has 3 aromatic rings. The van der Waals surface area contributed by atoms with Crippen LogP contribution in [-0.4, -0.2) is 23.9 Å². The van der Waals surface area contributed by atoms with Crippen LogP contribution in [0, 0.1) is 0 Å². The van der Waals surface area contributed by atoms with Gasteiger partial charge in [-0.15, -0.1) is 0 Å². The van der Waals surface area contributed by atoms with Gasteiger partial charge in [-0.25, -0.2) is 9.79 Å². The van der Waals surface area contributed by atoms with Crippen LogP contribution in [0.5, 0.6) is 0 Å². The molecule has 1 aliphatic heterocycles. The number of nitrogens with zero attached hydrogens (tertiary/aromatic N) is 2. The Morgan fingerprint density at radius 2 is 1.68 bits per heavy atom. The Kier molecular flexibility index (Phi) is 8.67. The van der Waals surface area contributed by atoms with E-state index in [0.29, 0.717) is 16.3 Å². The summed E-state index contributed by atoms with van der Waals surface area (Å²) in [5, 5.41) is 3.46. The SMILES string of the molecule is COC(=O)C1=C(C)N(Cc2cccc(C(F)(F)F)c2)C(=NCc2ccccc2C(F)(F)F)NC1c1cccc(Cl)c1. The van der Waals surface area contributed by atoms with Crippen molar-refractivity contribution in [1.29, 1.82) is 0 Å². The zero-order valence-electron chi connectivity index (χ0n) is 21.8. The van der Waals surface area contributed by atoms with Gasteiger partial charge in [0, 0.05) is 10.7 Å². The number of halogens is 7. The highest BCUT2D eigenvalue weighted by molar-refractivity contribution is 6.30. The fraction of sp³-hybridized carbons (Fsp3) is 0.241. The molecule has 5 nitrogen and oxygen atoms in total. The second kappa shape index (κ2) is 11.9. The van der Waals surface area contributed by atoms with Crippen LogP contribution in [0.4, 0.5) is 26.3 Å². The number of alkyl halides is 6. The van der Waals surface area contributed by atoms with Crippen molar-refractivity contribution < 1.29 is 35.9 Å². The van der Waals surface area contributed by atoms with E-state index < -0.39 is 42.0 Å². The molecule has 12 heteroatoms. The molecule has 1 unspecified atom stereocenters. The Morgan fingerprint density at radius 1 is 0.976 bits per heavy atom. The van der Waals surface area contributed by atoms with Crippen LogP contribution < -0.4 is 5.32 Å². The highest BCUT2D eigenvalue weighted by Gasteiger charge is 2.37. The molecule has 0 radical (unpaired) electrons. The minimum atomic E-state index is -4.62. The first kappa shape index (κ1) is 30.0. The molecule has 3 aromatic carbocycles. The van der Waals surface area contributed by atoms with Gasteiger partial charge in [-0.3, -0.25) is 0 Å². The number of nitrogens with one attached hydrogen (secondary N) is 1. The molecule has 0 bridgehead atoms. The lowest BCUT2D eigenvalue weighted by Crippen LogP contribution is -2.48. The van der Waals surface area contributed by atoms with Gasteiger partial charge in [0.15, 0.2) is 5.96 Å². The number of carbonyl (C=O) groups is 1. The summed E-state index contributed by atoms with van der Waals surface area (Å²) in [5.41, 5.74) is -0.637. The minimum absolute atomic E-state index is 0.0505. The first-order valence-electron chi connectivity index (χ1n) is 12.2. The molecule has 1 aliphatic rings. The lowest BCUT2D eigenvalue weighted by molar-refractivity contribution is -0.138. The van der Waals surface area contributed by atoms with Crippen molar-refractivity contribution in [2.45, 2.75) is 38.4 Å². The van der Waals surface area contributed by atoms with Crippen molar-refractivity contribution in [3.63, 3.8) is 0 Å². The third-order valence-corrected chi connectivity index (χ3v) is 6.75. The third-order valence-electron chi connectivity index (χ3n) is 6.52. The molecule has 0 saturated heterocycles. The van der Waals surface area contributed by atoms with E-state index in [9.17, 15) is 31.1 Å². The molecule has 4 rings (SSSR count). The molecular weight excluding hydrogens is 572 g/mol. The monoisotopic (exact) mass is 595 g/mol. The Morgan fingerprint density at radius 3 is 2.34 bits per heavy atom. The van der Waals surface area contributed by atoms with Crippen molar-refractivity contribution in [2.24, 2.45) is 4.99 Å². The lowest BCUT2D eigenvalue weighted by atomic mass is 9.94. The number of ether oxygens (including phenoxy) is 1. The summed E-state index contributed by atoms with van der Waals surface area (Å²) in [4.78, 5) is 18.9. The average Bonchev–Trinajstić information content (AvgIpc) is 2.92. The molecular formula is C29H24ClF6N3O2. The van der Waals surface area contributed by atoms with Gasteiger partial charge >= 0.3 is 18.3 Å². The van der Waals surface area contributed by atoms with Crippen molar-refractivity contribution in [2.75, 3.05) is 7.11 Å². The predicted molar refractivity (Wildman–Crippen MR) is 142 cm³/mol. The van der Waals surface area contributed by atoms with Gasteiger partial charge in [-0.05, 0) is 53.9 Å². The third kappa shape index (κ3) is 6.84. The van der Waals surface area contributed by atoms with Gasteiger partial charge < -0.3 is 15.0 Å². The van der Waals surface area contributed by atoms with Crippen molar-refractivity contribution in [3.05, 3.63) is 117 Å². The standard InChI is InChI=1S/C29H24ClF6N3O2/c1-17-24(26(40)41-2)25(19-9-6-11-22(30)14-19)38-27(37-15-20-8-3-4-12-23(20)29(34,35)36)39(17)16-18-7-5-10-21(13-18)28(31,32)33/h3-14,25H,15-16H2,1-2H3,(H,37,38). The maximum absolute atomic E-state index is 13.6. The highest BCUT2D eigenvalue weighted by Crippen LogP contribution is 2.36. The van der Waals surface area contributed by atoms with Crippen LogP contribution in [0.25, 0.3) is 0 Å². The summed E-state index contributed by atoms with van der Waals surface area (Å²) < 4.78 is 86.1. The number of hydrogen-bond acceptors (Lipinski definition) is 3. The number of allylic oxidation sites excluding steroid dienone is 1. The zero-order chi connectivity index (χ0) is 29.9. The van der Waals surface area contributed by atoms with Crippen LogP contribution in [0.3, 0.4) is 0 Å². The van der Waals surface area contributed by atoms with Crippen LogP contribution in [0.1, 0.15) is 40.8 Å². The first-order chi connectivity index (χ1) is 19.3. The van der Waals surface area contributed by atoms with Crippen LogP contribution >= 0.6 is 11.6 Å². The molecule has 1 N–H and O–H groups in total. The van der Waals surface area contributed by atoms with Gasteiger partial charge in [-0.1, -0.05) is 54.1 Å². The molecule has 216 valence electrons. The summed E-state index contributed by atoms with van der Waals surface area (Å²) in [6.07, 6.45) is -9.21. The molecule has 0 aliphatic carbocycles. The minimum Gasteiger partial charge on any atom is -0.466 e. The molecule has 0 aromatic heterocycles. The van der Waals surface area contributed by atoms with Gasteiger partial charge in [0.05, 0.1) is 42.9 Å². The van der Waals surface area contributed by atoms with Crippen LogP contribution in [0.15, 0.2) is 89.1 Å². The normalized spacial score (nSPS) is 17.0. The molecule has 0 fully saturated rings. The Bertz CT molecular complexity index is 1500. The maximum Gasteiger partial charge on any atom is 0.416 e. The highest BCUT2D eigenvalue weighted by atomic mass is 35.5. The van der Waals surface area contributed by atoms with E-state index in [-0.39, 0.29) is 29.2 Å². The molecule has 0 spiro atoms. The maximum atomic E-state index is 13.6. The van der Waals surface area contributed by atoms with Crippen LogP contribution in [0.2, 0.25) is 5.02 Å². The molecule has 41 heavy (non-hydrogen) atoms. The summed E-state index contributed by atoms with van der Waals surface area (Å²) in [5.74, 6) is -0.662. The number of hydrogen-bond donors (Lipinski definition) is 1. The summed E-state index contributed by atoms with van der Waals surface area (Å²) in [6, 6.07) is 15.3. The number of carbonyl (C=O) groups excluding carboxylic acids is 1. The predicted octanol–water partition coefficient (Wildman–Crippen LogP) is 7.53. The Labute approximate surface area is 237 Å².